The van der Waals surface area contributed by atoms with Crippen LogP contribution in [-0.2, 0) is 9.59 Å². The predicted molar refractivity (Wildman–Crippen MR) is 77.8 cm³/mol. The Balaban J connectivity index is 2.36. The Morgan fingerprint density at radius 3 is 2.62 bits per heavy atom. The van der Waals surface area contributed by atoms with Crippen molar-refractivity contribution in [2.75, 3.05) is 26.2 Å². The third-order valence-electron chi connectivity index (χ3n) is 3.38. The molecule has 0 saturated carbocycles. The number of carbonyl (C=O) groups excluding carboxylic acids is 2. The second-order valence-corrected chi connectivity index (χ2v) is 5.91. The molecule has 120 valence electrons. The van der Waals surface area contributed by atoms with Gasteiger partial charge in [0.15, 0.2) is 0 Å². The van der Waals surface area contributed by atoms with E-state index in [2.05, 4.69) is 10.6 Å². The zero-order valence-electron chi connectivity index (χ0n) is 12.7. The largest absolute Gasteiger partial charge is 0.480 e. The Kier molecular flexibility index (Phi) is 6.98. The van der Waals surface area contributed by atoms with Crippen molar-refractivity contribution in [2.24, 2.45) is 11.8 Å². The van der Waals surface area contributed by atoms with Gasteiger partial charge in [-0.25, -0.2) is 4.79 Å². The number of carboxylic acid groups (broad SMARTS) is 1. The monoisotopic (exact) mass is 299 g/mol. The molecular weight excluding hydrogens is 274 g/mol. The van der Waals surface area contributed by atoms with Gasteiger partial charge in [0.25, 0.3) is 0 Å². The number of amides is 3. The van der Waals surface area contributed by atoms with Crippen molar-refractivity contribution >= 4 is 17.9 Å². The van der Waals surface area contributed by atoms with Crippen molar-refractivity contribution in [1.82, 2.24) is 15.5 Å². The Morgan fingerprint density at radius 2 is 2.00 bits per heavy atom. The lowest BCUT2D eigenvalue weighted by atomic mass is 9.94. The molecule has 0 aromatic heterocycles. The number of urea groups is 1. The van der Waals surface area contributed by atoms with Crippen molar-refractivity contribution in [3.63, 3.8) is 0 Å². The molecule has 21 heavy (non-hydrogen) atoms. The number of piperidine rings is 1. The van der Waals surface area contributed by atoms with Gasteiger partial charge in [-0.15, -0.1) is 0 Å². The Morgan fingerprint density at radius 1 is 1.29 bits per heavy atom. The van der Waals surface area contributed by atoms with Crippen LogP contribution in [0.5, 0.6) is 0 Å². The van der Waals surface area contributed by atoms with Gasteiger partial charge in [0, 0.05) is 26.1 Å². The van der Waals surface area contributed by atoms with Gasteiger partial charge in [0.1, 0.15) is 6.54 Å². The number of rotatable bonds is 6. The first-order valence-corrected chi connectivity index (χ1v) is 7.39. The number of aliphatic carboxylic acids is 1. The van der Waals surface area contributed by atoms with Crippen molar-refractivity contribution in [3.8, 4) is 0 Å². The van der Waals surface area contributed by atoms with E-state index in [0.717, 1.165) is 12.8 Å². The highest BCUT2D eigenvalue weighted by Crippen LogP contribution is 2.19. The van der Waals surface area contributed by atoms with Crippen LogP contribution in [0, 0.1) is 11.8 Å². The van der Waals surface area contributed by atoms with E-state index in [-0.39, 0.29) is 30.8 Å². The number of hydrogen-bond donors (Lipinski definition) is 3. The first-order chi connectivity index (χ1) is 9.88. The molecule has 0 radical (unpaired) electrons. The van der Waals surface area contributed by atoms with Crippen molar-refractivity contribution in [2.45, 2.75) is 33.1 Å². The molecule has 0 spiro atoms. The van der Waals surface area contributed by atoms with Gasteiger partial charge in [-0.2, -0.15) is 0 Å². The van der Waals surface area contributed by atoms with Gasteiger partial charge in [-0.1, -0.05) is 13.8 Å². The van der Waals surface area contributed by atoms with Gasteiger partial charge in [-0.3, -0.25) is 9.59 Å². The second kappa shape index (κ2) is 8.49. The van der Waals surface area contributed by atoms with Crippen LogP contribution in [0.15, 0.2) is 0 Å². The minimum Gasteiger partial charge on any atom is -0.480 e. The van der Waals surface area contributed by atoms with Crippen molar-refractivity contribution in [3.05, 3.63) is 0 Å². The van der Waals surface area contributed by atoms with Gasteiger partial charge in [-0.05, 0) is 24.7 Å². The van der Waals surface area contributed by atoms with Crippen molar-refractivity contribution in [1.29, 1.82) is 0 Å². The van der Waals surface area contributed by atoms with E-state index < -0.39 is 5.97 Å². The summed E-state index contributed by atoms with van der Waals surface area (Å²) in [5, 5.41) is 13.7. The third kappa shape index (κ3) is 6.97. The zero-order chi connectivity index (χ0) is 15.8. The molecule has 1 unspecified atom stereocenters. The summed E-state index contributed by atoms with van der Waals surface area (Å²) >= 11 is 0. The molecule has 7 nitrogen and oxygen atoms in total. The first kappa shape index (κ1) is 17.3. The number of likely N-dealkylation sites (tertiary alicyclic amines) is 1. The summed E-state index contributed by atoms with van der Waals surface area (Å²) in [6.45, 7) is 5.60. The van der Waals surface area contributed by atoms with Crippen LogP contribution in [0.1, 0.15) is 33.1 Å². The highest BCUT2D eigenvalue weighted by Gasteiger charge is 2.25. The van der Waals surface area contributed by atoms with Gasteiger partial charge in [0.2, 0.25) is 5.91 Å². The summed E-state index contributed by atoms with van der Waals surface area (Å²) in [5.41, 5.74) is 0. The lowest BCUT2D eigenvalue weighted by Crippen LogP contribution is -2.47. The molecule has 3 N–H and O–H groups in total. The molecule has 1 heterocycles. The van der Waals surface area contributed by atoms with Crippen LogP contribution >= 0.6 is 0 Å². The average molecular weight is 299 g/mol. The second-order valence-electron chi connectivity index (χ2n) is 5.91. The highest BCUT2D eigenvalue weighted by molar-refractivity contribution is 5.81. The topological polar surface area (TPSA) is 98.7 Å². The molecule has 7 heteroatoms. The molecule has 0 aliphatic carbocycles. The smallest absolute Gasteiger partial charge is 0.322 e. The van der Waals surface area contributed by atoms with E-state index in [1.54, 1.807) is 4.90 Å². The maximum absolute atomic E-state index is 12.0. The molecule has 1 rings (SSSR count). The van der Waals surface area contributed by atoms with Gasteiger partial charge >= 0.3 is 12.0 Å². The number of nitrogens with zero attached hydrogens (tertiary/aromatic N) is 1. The van der Waals surface area contributed by atoms with Crippen LogP contribution in [0.25, 0.3) is 0 Å². The van der Waals surface area contributed by atoms with E-state index in [9.17, 15) is 14.4 Å². The van der Waals surface area contributed by atoms with Gasteiger partial charge in [0.05, 0.1) is 0 Å². The average Bonchev–Trinajstić information content (AvgIpc) is 2.42. The summed E-state index contributed by atoms with van der Waals surface area (Å²) in [6.07, 6.45) is 2.02. The SMILES string of the molecule is CC(C)CNC(=O)N1CCCC(CC(=O)NCC(=O)O)C1. The third-order valence-corrected chi connectivity index (χ3v) is 3.38. The van der Waals surface area contributed by atoms with Crippen LogP contribution < -0.4 is 10.6 Å². The number of carbonyl (C=O) groups is 3. The molecule has 1 saturated heterocycles. The molecule has 1 fully saturated rings. The summed E-state index contributed by atoms with van der Waals surface area (Å²) in [4.78, 5) is 35.7. The van der Waals surface area contributed by atoms with E-state index in [0.29, 0.717) is 25.6 Å². The first-order valence-electron chi connectivity index (χ1n) is 7.39. The Bertz CT molecular complexity index is 384. The number of carboxylic acids is 1. The molecule has 1 atom stereocenters. The standard InChI is InChI=1S/C14H25N3O4/c1-10(2)7-16-14(21)17-5-3-4-11(9-17)6-12(18)15-8-13(19)20/h10-11H,3-9H2,1-2H3,(H,15,18)(H,16,21)(H,19,20). The summed E-state index contributed by atoms with van der Waals surface area (Å²) in [5.74, 6) is -0.831. The maximum atomic E-state index is 12.0. The van der Waals surface area contributed by atoms with E-state index in [1.165, 1.54) is 0 Å². The molecule has 3 amide bonds. The van der Waals surface area contributed by atoms with Crippen LogP contribution in [0.3, 0.4) is 0 Å². The number of nitrogens with one attached hydrogen (secondary N) is 2. The lowest BCUT2D eigenvalue weighted by molar-refractivity contribution is -0.138. The van der Waals surface area contributed by atoms with E-state index in [1.807, 2.05) is 13.8 Å². The lowest BCUT2D eigenvalue weighted by Gasteiger charge is -2.32. The van der Waals surface area contributed by atoms with E-state index >= 15 is 0 Å². The molecule has 0 aromatic carbocycles. The number of hydrogen-bond acceptors (Lipinski definition) is 3. The fourth-order valence-electron chi connectivity index (χ4n) is 2.33. The molecule has 1 aliphatic heterocycles. The maximum Gasteiger partial charge on any atom is 0.322 e. The van der Waals surface area contributed by atoms with Crippen LogP contribution in [0.4, 0.5) is 4.79 Å². The molecule has 0 aromatic rings. The summed E-state index contributed by atoms with van der Waals surface area (Å²) in [6, 6.07) is -0.0839. The minimum atomic E-state index is -1.05. The minimum absolute atomic E-state index is 0.0839. The fraction of sp³-hybridized carbons (Fsp3) is 0.786. The highest BCUT2D eigenvalue weighted by atomic mass is 16.4. The fourth-order valence-corrected chi connectivity index (χ4v) is 2.33. The molecule has 0 bridgehead atoms. The van der Waals surface area contributed by atoms with Crippen LogP contribution in [-0.4, -0.2) is 54.1 Å². The normalized spacial score (nSPS) is 18.4. The van der Waals surface area contributed by atoms with Crippen LogP contribution in [0.2, 0.25) is 0 Å². The molecule has 1 aliphatic rings. The predicted octanol–water partition coefficient (Wildman–Crippen LogP) is 0.655. The molecular formula is C14H25N3O4. The summed E-state index contributed by atoms with van der Waals surface area (Å²) < 4.78 is 0. The zero-order valence-corrected chi connectivity index (χ0v) is 12.7. The van der Waals surface area contributed by atoms with E-state index in [4.69, 9.17) is 5.11 Å². The summed E-state index contributed by atoms with van der Waals surface area (Å²) in [7, 11) is 0. The Hall–Kier alpha value is -1.79. The van der Waals surface area contributed by atoms with Gasteiger partial charge < -0.3 is 20.6 Å². The Labute approximate surface area is 125 Å². The quantitative estimate of drug-likeness (QED) is 0.671. The van der Waals surface area contributed by atoms with Crippen molar-refractivity contribution < 1.29 is 19.5 Å².